The minimum atomic E-state index is -0.556. The summed E-state index contributed by atoms with van der Waals surface area (Å²) in [6.07, 6.45) is 12.7. The van der Waals surface area contributed by atoms with Crippen LogP contribution in [0, 0.1) is 17.6 Å². The van der Waals surface area contributed by atoms with Gasteiger partial charge in [0.25, 0.3) is 0 Å². The molecule has 3 aromatic rings. The van der Waals surface area contributed by atoms with Crippen LogP contribution in [0.4, 0.5) is 31.8 Å². The average molecular weight is 784 g/mol. The number of imide groups is 1. The second-order valence-corrected chi connectivity index (χ2v) is 16.5. The van der Waals surface area contributed by atoms with Gasteiger partial charge in [0, 0.05) is 86.7 Å². The lowest BCUT2D eigenvalue weighted by atomic mass is 9.83. The van der Waals surface area contributed by atoms with Crippen LogP contribution in [0.2, 0.25) is 0 Å². The first-order valence-electron chi connectivity index (χ1n) is 21.1. The Morgan fingerprint density at radius 3 is 2.25 bits per heavy atom. The van der Waals surface area contributed by atoms with Crippen LogP contribution in [0.25, 0.3) is 11.3 Å². The van der Waals surface area contributed by atoms with E-state index in [1.807, 2.05) is 18.2 Å². The molecule has 3 aliphatic heterocycles. The first-order chi connectivity index (χ1) is 27.8. The van der Waals surface area contributed by atoms with Crippen molar-refractivity contribution >= 4 is 40.7 Å². The molecule has 4 N–H and O–H groups in total. The highest BCUT2D eigenvalue weighted by molar-refractivity contribution is 6.01. The van der Waals surface area contributed by atoms with Gasteiger partial charge in [0.05, 0.1) is 11.9 Å². The van der Waals surface area contributed by atoms with Gasteiger partial charge in [0.1, 0.15) is 17.6 Å². The summed E-state index contributed by atoms with van der Waals surface area (Å²) in [7, 11) is 0. The number of hydrogen-bond acceptors (Lipinski definition) is 10. The SMILES string of the molecule is O=C1CCC(Nc2ccc(N3CCN([C@H]4CC[C@H](C(=O)N[C@H]5CC[C@H](Nc6ncc(F)c(-c7cccc(N8CCCCC8)c7)n6)CC5)CC4)CC3)c(F)c2)C(=O)N1. The third kappa shape index (κ3) is 9.48. The van der Waals surface area contributed by atoms with E-state index in [4.69, 9.17) is 0 Å². The Hall–Kier alpha value is -4.85. The van der Waals surface area contributed by atoms with E-state index in [0.717, 1.165) is 102 Å². The lowest BCUT2D eigenvalue weighted by Crippen LogP contribution is -2.52. The van der Waals surface area contributed by atoms with Crippen molar-refractivity contribution in [2.24, 2.45) is 5.92 Å². The van der Waals surface area contributed by atoms with Crippen LogP contribution in [0.3, 0.4) is 0 Å². The third-order valence-electron chi connectivity index (χ3n) is 12.8. The van der Waals surface area contributed by atoms with Gasteiger partial charge in [-0.15, -0.1) is 0 Å². The zero-order chi connectivity index (χ0) is 39.3. The molecule has 1 atom stereocenters. The molecule has 2 saturated carbocycles. The number of carbonyl (C=O) groups is 3. The van der Waals surface area contributed by atoms with E-state index < -0.39 is 11.9 Å². The van der Waals surface area contributed by atoms with Crippen LogP contribution in [-0.2, 0) is 14.4 Å². The summed E-state index contributed by atoms with van der Waals surface area (Å²) in [4.78, 5) is 52.7. The van der Waals surface area contributed by atoms with Gasteiger partial charge in [0.2, 0.25) is 23.7 Å². The summed E-state index contributed by atoms with van der Waals surface area (Å²) in [6.45, 7) is 5.15. The van der Waals surface area contributed by atoms with Gasteiger partial charge in [-0.3, -0.25) is 24.6 Å². The molecule has 12 nitrogen and oxygen atoms in total. The van der Waals surface area contributed by atoms with Crippen molar-refractivity contribution in [3.05, 3.63) is 60.3 Å². The zero-order valence-electron chi connectivity index (χ0n) is 32.7. The number of benzene rings is 2. The van der Waals surface area contributed by atoms with E-state index in [1.54, 1.807) is 12.1 Å². The first-order valence-corrected chi connectivity index (χ1v) is 21.1. The van der Waals surface area contributed by atoms with Crippen LogP contribution >= 0.6 is 0 Å². The summed E-state index contributed by atoms with van der Waals surface area (Å²) < 4.78 is 30.2. The molecule has 2 aliphatic carbocycles. The lowest BCUT2D eigenvalue weighted by molar-refractivity contribution is -0.133. The summed E-state index contributed by atoms with van der Waals surface area (Å²) in [5, 5.41) is 12.2. The summed E-state index contributed by atoms with van der Waals surface area (Å²) in [5.41, 5.74) is 3.24. The number of hydrogen-bond donors (Lipinski definition) is 4. The van der Waals surface area contributed by atoms with Crippen LogP contribution in [0.1, 0.15) is 83.5 Å². The van der Waals surface area contributed by atoms with Crippen molar-refractivity contribution in [2.75, 3.05) is 59.7 Å². The number of nitrogens with zero attached hydrogens (tertiary/aromatic N) is 5. The predicted octanol–water partition coefficient (Wildman–Crippen LogP) is 5.85. The van der Waals surface area contributed by atoms with Crippen molar-refractivity contribution in [3.8, 4) is 11.3 Å². The summed E-state index contributed by atoms with van der Waals surface area (Å²) in [5.74, 6) is -0.804. The highest BCUT2D eigenvalue weighted by Crippen LogP contribution is 2.32. The number of piperidine rings is 2. The van der Waals surface area contributed by atoms with E-state index in [9.17, 15) is 18.8 Å². The molecular weight excluding hydrogens is 729 g/mol. The van der Waals surface area contributed by atoms with Crippen molar-refractivity contribution < 1.29 is 23.2 Å². The Balaban J connectivity index is 0.750. The van der Waals surface area contributed by atoms with Gasteiger partial charge < -0.3 is 25.8 Å². The normalized spacial score (nSPS) is 26.1. The molecule has 1 unspecified atom stereocenters. The number of rotatable bonds is 10. The van der Waals surface area contributed by atoms with Crippen molar-refractivity contribution in [2.45, 2.75) is 108 Å². The molecule has 4 heterocycles. The lowest BCUT2D eigenvalue weighted by Gasteiger charge is -2.42. The molecule has 5 aliphatic rings. The van der Waals surface area contributed by atoms with Crippen molar-refractivity contribution in [3.63, 3.8) is 0 Å². The van der Waals surface area contributed by atoms with Crippen molar-refractivity contribution in [1.29, 1.82) is 0 Å². The minimum Gasteiger partial charge on any atom is -0.374 e. The number of piperazine rings is 1. The molecule has 0 radical (unpaired) electrons. The first kappa shape index (κ1) is 39.0. The molecule has 3 amide bonds. The molecule has 2 aromatic carbocycles. The molecular formula is C43H55F2N9O3. The number of aromatic nitrogens is 2. The van der Waals surface area contributed by atoms with E-state index in [2.05, 4.69) is 52.0 Å². The smallest absolute Gasteiger partial charge is 0.249 e. The fourth-order valence-corrected chi connectivity index (χ4v) is 9.44. The maximum atomic E-state index is 15.2. The number of anilines is 4. The van der Waals surface area contributed by atoms with Crippen molar-refractivity contribution in [1.82, 2.24) is 25.5 Å². The highest BCUT2D eigenvalue weighted by atomic mass is 19.1. The Morgan fingerprint density at radius 2 is 1.51 bits per heavy atom. The topological polar surface area (TPSA) is 135 Å². The largest absolute Gasteiger partial charge is 0.374 e. The fraction of sp³-hybridized carbons (Fsp3) is 0.558. The fourth-order valence-electron chi connectivity index (χ4n) is 9.44. The van der Waals surface area contributed by atoms with E-state index >= 15 is 4.39 Å². The van der Waals surface area contributed by atoms with E-state index in [1.165, 1.54) is 31.5 Å². The molecule has 0 spiro atoms. The van der Waals surface area contributed by atoms with E-state index in [-0.39, 0.29) is 48.0 Å². The van der Waals surface area contributed by atoms with E-state index in [0.29, 0.717) is 35.5 Å². The second-order valence-electron chi connectivity index (χ2n) is 16.5. The number of halogens is 2. The summed E-state index contributed by atoms with van der Waals surface area (Å²) >= 11 is 0. The Labute approximate surface area is 333 Å². The standard InChI is InChI=1S/C43H55F2N9O3/c44-35-26-32(47-37-16-18-39(55)50-42(37)57)13-17-38(35)54-23-21-53(22-24-54)33-14-7-28(8-15-33)41(56)48-30-9-11-31(12-10-30)49-43-46-27-36(45)40(51-43)29-5-4-6-34(25-29)52-19-2-1-3-20-52/h4-6,13,17,25-28,30-31,33,37,47H,1-3,7-12,14-16,18-24H2,(H,48,56)(H,46,49,51)(H,50,55,57)/t28-,30-,31-,33-,37?. The van der Waals surface area contributed by atoms with Gasteiger partial charge >= 0.3 is 0 Å². The molecule has 0 bridgehead atoms. The average Bonchev–Trinajstić information content (AvgIpc) is 3.24. The molecule has 5 fully saturated rings. The number of amides is 3. The van der Waals surface area contributed by atoms with Crippen LogP contribution in [-0.4, -0.2) is 96.0 Å². The predicted molar refractivity (Wildman–Crippen MR) is 217 cm³/mol. The molecule has 8 rings (SSSR count). The van der Waals surface area contributed by atoms with Gasteiger partial charge in [-0.1, -0.05) is 12.1 Å². The van der Waals surface area contributed by atoms with Crippen LogP contribution in [0.5, 0.6) is 0 Å². The number of nitrogens with one attached hydrogen (secondary N) is 4. The summed E-state index contributed by atoms with van der Waals surface area (Å²) in [6, 6.07) is 13.1. The third-order valence-corrected chi connectivity index (χ3v) is 12.8. The van der Waals surface area contributed by atoms with Gasteiger partial charge in [0.15, 0.2) is 5.82 Å². The molecule has 3 saturated heterocycles. The van der Waals surface area contributed by atoms with Crippen LogP contribution in [0.15, 0.2) is 48.7 Å². The van der Waals surface area contributed by atoms with Crippen LogP contribution < -0.4 is 31.1 Å². The maximum absolute atomic E-state index is 15.2. The highest BCUT2D eigenvalue weighted by Gasteiger charge is 2.33. The minimum absolute atomic E-state index is 0.0271. The quantitative estimate of drug-likeness (QED) is 0.186. The maximum Gasteiger partial charge on any atom is 0.249 e. The molecule has 57 heavy (non-hydrogen) atoms. The van der Waals surface area contributed by atoms with Gasteiger partial charge in [-0.25, -0.2) is 18.7 Å². The van der Waals surface area contributed by atoms with Gasteiger partial charge in [-0.05, 0) is 107 Å². The second kappa shape index (κ2) is 17.7. The van der Waals surface area contributed by atoms with Gasteiger partial charge in [-0.2, -0.15) is 0 Å². The Bertz CT molecular complexity index is 1900. The Morgan fingerprint density at radius 1 is 0.754 bits per heavy atom. The molecule has 304 valence electrons. The number of carbonyl (C=O) groups excluding carboxylic acids is 3. The molecule has 14 heteroatoms. The monoisotopic (exact) mass is 783 g/mol. The molecule has 1 aromatic heterocycles. The Kier molecular flexibility index (Phi) is 12.1. The zero-order valence-corrected chi connectivity index (χ0v) is 32.7.